The van der Waals surface area contributed by atoms with E-state index in [0.717, 1.165) is 23.3 Å². The van der Waals surface area contributed by atoms with Crippen molar-refractivity contribution in [3.63, 3.8) is 0 Å². The van der Waals surface area contributed by atoms with E-state index in [4.69, 9.17) is 15.6 Å². The first-order chi connectivity index (χ1) is 7.65. The van der Waals surface area contributed by atoms with Crippen LogP contribution in [0.4, 0.5) is 0 Å². The molecule has 1 rings (SSSR count). The van der Waals surface area contributed by atoms with E-state index in [2.05, 4.69) is 0 Å². The van der Waals surface area contributed by atoms with Crippen LogP contribution in [0.5, 0.6) is 5.75 Å². The first-order valence-electron chi connectivity index (χ1n) is 5.24. The van der Waals surface area contributed by atoms with Crippen molar-refractivity contribution in [1.29, 1.82) is 0 Å². The number of ether oxygens (including phenoxy) is 1. The molecule has 0 aliphatic heterocycles. The molecule has 1 unspecified atom stereocenters. The van der Waals surface area contributed by atoms with Crippen molar-refractivity contribution in [3.05, 3.63) is 29.3 Å². The third-order valence-electron chi connectivity index (χ3n) is 2.65. The maximum atomic E-state index is 11.1. The lowest BCUT2D eigenvalue weighted by atomic mass is 9.92. The van der Waals surface area contributed by atoms with E-state index in [1.165, 1.54) is 0 Å². The molecule has 4 heteroatoms. The Hall–Kier alpha value is -1.55. The lowest BCUT2D eigenvalue weighted by molar-refractivity contribution is -0.138. The average molecular weight is 223 g/mol. The van der Waals surface area contributed by atoms with Crippen LogP contribution < -0.4 is 10.5 Å². The molecule has 0 saturated heterocycles. The number of benzene rings is 1. The molecule has 88 valence electrons. The summed E-state index contributed by atoms with van der Waals surface area (Å²) in [4.78, 5) is 11.1. The molecule has 0 spiro atoms. The highest BCUT2D eigenvalue weighted by molar-refractivity contribution is 5.77. The van der Waals surface area contributed by atoms with Gasteiger partial charge < -0.3 is 15.6 Å². The van der Waals surface area contributed by atoms with Gasteiger partial charge in [0.1, 0.15) is 5.75 Å². The monoisotopic (exact) mass is 223 g/mol. The molecule has 0 saturated carbocycles. The Morgan fingerprint density at radius 2 is 2.25 bits per heavy atom. The van der Waals surface area contributed by atoms with Gasteiger partial charge in [-0.15, -0.1) is 0 Å². The fourth-order valence-corrected chi connectivity index (χ4v) is 1.84. The highest BCUT2D eigenvalue weighted by atomic mass is 16.5. The zero-order chi connectivity index (χ0) is 12.1. The molecule has 0 aromatic heterocycles. The minimum atomic E-state index is -0.898. The lowest BCUT2D eigenvalue weighted by Gasteiger charge is -2.17. The Bertz CT molecular complexity index is 377. The van der Waals surface area contributed by atoms with Gasteiger partial charge in [0.05, 0.1) is 13.0 Å². The molecule has 0 bridgehead atoms. The predicted octanol–water partition coefficient (Wildman–Crippen LogP) is 1.38. The van der Waals surface area contributed by atoms with Crippen molar-refractivity contribution in [3.8, 4) is 5.75 Å². The van der Waals surface area contributed by atoms with Crippen molar-refractivity contribution in [2.75, 3.05) is 13.7 Å². The van der Waals surface area contributed by atoms with E-state index < -0.39 is 11.9 Å². The lowest BCUT2D eigenvalue weighted by Crippen LogP contribution is -2.22. The number of carbonyl (C=O) groups is 1. The summed E-state index contributed by atoms with van der Waals surface area (Å²) < 4.78 is 5.22. The van der Waals surface area contributed by atoms with E-state index in [-0.39, 0.29) is 6.54 Å². The van der Waals surface area contributed by atoms with Crippen LogP contribution in [0.25, 0.3) is 0 Å². The molecule has 16 heavy (non-hydrogen) atoms. The third kappa shape index (κ3) is 2.33. The molecule has 0 aliphatic rings. The first kappa shape index (κ1) is 12.5. The van der Waals surface area contributed by atoms with Gasteiger partial charge in [-0.3, -0.25) is 4.79 Å². The molecule has 0 fully saturated rings. The Morgan fingerprint density at radius 1 is 1.56 bits per heavy atom. The van der Waals surface area contributed by atoms with Crippen LogP contribution in [0.3, 0.4) is 0 Å². The molecule has 0 radical (unpaired) electrons. The van der Waals surface area contributed by atoms with Crippen LogP contribution in [0.2, 0.25) is 0 Å². The van der Waals surface area contributed by atoms with Crippen LogP contribution in [-0.2, 0) is 11.2 Å². The Morgan fingerprint density at radius 3 is 2.69 bits per heavy atom. The zero-order valence-corrected chi connectivity index (χ0v) is 9.56. The minimum absolute atomic E-state index is 0.0928. The molecule has 1 atom stereocenters. The van der Waals surface area contributed by atoms with Crippen LogP contribution in [-0.4, -0.2) is 24.7 Å². The van der Waals surface area contributed by atoms with Crippen molar-refractivity contribution in [1.82, 2.24) is 0 Å². The molecular weight excluding hydrogens is 206 g/mol. The van der Waals surface area contributed by atoms with E-state index in [1.807, 2.05) is 13.0 Å². The largest absolute Gasteiger partial charge is 0.496 e. The fourth-order valence-electron chi connectivity index (χ4n) is 1.84. The Kier molecular flexibility index (Phi) is 4.31. The number of rotatable bonds is 5. The summed E-state index contributed by atoms with van der Waals surface area (Å²) >= 11 is 0. The molecule has 0 amide bonds. The summed E-state index contributed by atoms with van der Waals surface area (Å²) in [5.74, 6) is -0.838. The average Bonchev–Trinajstić information content (AvgIpc) is 2.29. The Balaban J connectivity index is 3.25. The summed E-state index contributed by atoms with van der Waals surface area (Å²) in [6.07, 6.45) is 0.725. The van der Waals surface area contributed by atoms with E-state index in [1.54, 1.807) is 19.2 Å². The van der Waals surface area contributed by atoms with Gasteiger partial charge in [-0.2, -0.15) is 0 Å². The van der Waals surface area contributed by atoms with E-state index in [9.17, 15) is 4.79 Å². The summed E-state index contributed by atoms with van der Waals surface area (Å²) in [7, 11) is 1.58. The van der Waals surface area contributed by atoms with Gasteiger partial charge in [-0.05, 0) is 23.6 Å². The second kappa shape index (κ2) is 5.51. The molecule has 0 heterocycles. The number of carboxylic acids is 1. The van der Waals surface area contributed by atoms with Crippen LogP contribution in [0, 0.1) is 0 Å². The van der Waals surface area contributed by atoms with Crippen LogP contribution >= 0.6 is 0 Å². The first-order valence-corrected chi connectivity index (χ1v) is 5.24. The molecule has 0 aliphatic carbocycles. The number of hydrogen-bond donors (Lipinski definition) is 2. The zero-order valence-electron chi connectivity index (χ0n) is 9.56. The van der Waals surface area contributed by atoms with Gasteiger partial charge in [-0.1, -0.05) is 19.1 Å². The third-order valence-corrected chi connectivity index (χ3v) is 2.65. The second-order valence-corrected chi connectivity index (χ2v) is 3.51. The summed E-state index contributed by atoms with van der Waals surface area (Å²) in [5.41, 5.74) is 7.17. The minimum Gasteiger partial charge on any atom is -0.496 e. The van der Waals surface area contributed by atoms with Gasteiger partial charge in [0.15, 0.2) is 0 Å². The molecular formula is C12H17NO3. The van der Waals surface area contributed by atoms with Crippen molar-refractivity contribution in [2.24, 2.45) is 5.73 Å². The SMILES string of the molecule is CCc1c(OC)cccc1C(CN)C(=O)O. The molecule has 1 aromatic carbocycles. The number of hydrogen-bond acceptors (Lipinski definition) is 3. The molecule has 1 aromatic rings. The predicted molar refractivity (Wildman–Crippen MR) is 61.8 cm³/mol. The smallest absolute Gasteiger partial charge is 0.312 e. The second-order valence-electron chi connectivity index (χ2n) is 3.51. The van der Waals surface area contributed by atoms with Gasteiger partial charge in [-0.25, -0.2) is 0 Å². The van der Waals surface area contributed by atoms with Gasteiger partial charge in [0, 0.05) is 6.54 Å². The highest BCUT2D eigenvalue weighted by Gasteiger charge is 2.22. The Labute approximate surface area is 95.0 Å². The van der Waals surface area contributed by atoms with Crippen molar-refractivity contribution >= 4 is 5.97 Å². The molecule has 3 N–H and O–H groups in total. The van der Waals surface area contributed by atoms with Crippen molar-refractivity contribution < 1.29 is 14.6 Å². The molecule has 4 nitrogen and oxygen atoms in total. The van der Waals surface area contributed by atoms with Gasteiger partial charge in [0.25, 0.3) is 0 Å². The maximum absolute atomic E-state index is 11.1. The standard InChI is InChI=1S/C12H17NO3/c1-3-8-9(10(7-13)12(14)15)5-4-6-11(8)16-2/h4-6,10H,3,7,13H2,1-2H3,(H,14,15). The van der Waals surface area contributed by atoms with E-state index in [0.29, 0.717) is 0 Å². The van der Waals surface area contributed by atoms with E-state index >= 15 is 0 Å². The van der Waals surface area contributed by atoms with Crippen molar-refractivity contribution in [2.45, 2.75) is 19.3 Å². The number of carboxylic acid groups (broad SMARTS) is 1. The number of methoxy groups -OCH3 is 1. The van der Waals surface area contributed by atoms with Crippen LogP contribution in [0.15, 0.2) is 18.2 Å². The normalized spacial score (nSPS) is 12.2. The van der Waals surface area contributed by atoms with Gasteiger partial charge in [0.2, 0.25) is 0 Å². The summed E-state index contributed by atoms with van der Waals surface area (Å²) in [6.45, 7) is 2.06. The van der Waals surface area contributed by atoms with Gasteiger partial charge >= 0.3 is 5.97 Å². The summed E-state index contributed by atoms with van der Waals surface area (Å²) in [5, 5.41) is 9.09. The number of nitrogens with two attached hydrogens (primary N) is 1. The number of aliphatic carboxylic acids is 1. The maximum Gasteiger partial charge on any atom is 0.312 e. The highest BCUT2D eigenvalue weighted by Crippen LogP contribution is 2.28. The van der Waals surface area contributed by atoms with Crippen LogP contribution in [0.1, 0.15) is 24.0 Å². The quantitative estimate of drug-likeness (QED) is 0.791. The fraction of sp³-hybridized carbons (Fsp3) is 0.417. The summed E-state index contributed by atoms with van der Waals surface area (Å²) in [6, 6.07) is 5.42. The topological polar surface area (TPSA) is 72.5 Å².